The molecule has 0 fully saturated rings. The van der Waals surface area contributed by atoms with Crippen LogP contribution in [-0.4, -0.2) is 78.9 Å². The predicted octanol–water partition coefficient (Wildman–Crippen LogP) is 9.11. The maximum atomic E-state index is 12.7. The van der Waals surface area contributed by atoms with E-state index in [-0.39, 0.29) is 30.1 Å². The molecule has 0 spiro atoms. The van der Waals surface area contributed by atoms with Gasteiger partial charge in [-0.2, -0.15) is 11.8 Å². The minimum atomic E-state index is -1.20. The van der Waals surface area contributed by atoms with Crippen molar-refractivity contribution < 1.29 is 38.5 Å². The van der Waals surface area contributed by atoms with E-state index in [2.05, 4.69) is 23.9 Å². The number of rotatable bonds is 39. The Bertz CT molecular complexity index is 893. The van der Waals surface area contributed by atoms with Gasteiger partial charge in [-0.1, -0.05) is 168 Å². The molecule has 10 nitrogen and oxygen atoms in total. The normalized spacial score (nSPS) is 12.9. The summed E-state index contributed by atoms with van der Waals surface area (Å²) in [6.07, 6.45) is 31.9. The van der Waals surface area contributed by atoms with Crippen LogP contribution in [0.15, 0.2) is 0 Å². The van der Waals surface area contributed by atoms with Crippen molar-refractivity contribution in [2.24, 2.45) is 5.73 Å². The lowest BCUT2D eigenvalue weighted by atomic mass is 10.0. The molecule has 0 heterocycles. The number of carbonyl (C=O) groups excluding carboxylic acids is 4. The number of thioether (sulfide) groups is 1. The van der Waals surface area contributed by atoms with Gasteiger partial charge in [0.05, 0.1) is 19.8 Å². The highest BCUT2D eigenvalue weighted by Crippen LogP contribution is 2.16. The molecule has 0 aromatic heterocycles. The fraction of sp³-hybridized carbons (Fsp3) is 0.905. The summed E-state index contributed by atoms with van der Waals surface area (Å²) in [5, 5.41) is 11.8. The summed E-state index contributed by atoms with van der Waals surface area (Å²) < 4.78 is 15.8. The van der Waals surface area contributed by atoms with E-state index < -0.39 is 36.7 Å². The maximum absolute atomic E-state index is 12.7. The van der Waals surface area contributed by atoms with Crippen LogP contribution in [-0.2, 0) is 33.4 Å². The molecule has 0 saturated carbocycles. The fourth-order valence-electron chi connectivity index (χ4n) is 6.20. The molecular formula is C42H80N2O8S. The van der Waals surface area contributed by atoms with Crippen LogP contribution in [0.1, 0.15) is 194 Å². The number of unbranched alkanes of at least 4 members (excludes halogenated alkanes) is 24. The first-order valence-corrected chi connectivity index (χ1v) is 22.6. The number of hydrogen-bond acceptors (Lipinski definition) is 10. The van der Waals surface area contributed by atoms with Crippen LogP contribution >= 0.6 is 11.8 Å². The van der Waals surface area contributed by atoms with Crippen LogP contribution in [0.3, 0.4) is 0 Å². The van der Waals surface area contributed by atoms with E-state index in [1.54, 1.807) is 0 Å². The average molecular weight is 773 g/mol. The molecular weight excluding hydrogens is 693 g/mol. The lowest BCUT2D eigenvalue weighted by Gasteiger charge is -2.20. The van der Waals surface area contributed by atoms with Crippen molar-refractivity contribution >= 4 is 35.6 Å². The highest BCUT2D eigenvalue weighted by Gasteiger charge is 2.24. The fourth-order valence-corrected chi connectivity index (χ4v) is 7.16. The molecule has 0 rings (SSSR count). The smallest absolute Gasteiger partial charge is 0.330 e. The Labute approximate surface area is 327 Å². The number of nitrogens with one attached hydrogen (secondary N) is 1. The third-order valence-corrected chi connectivity index (χ3v) is 10.8. The molecule has 312 valence electrons. The minimum Gasteiger partial charge on any atom is -0.467 e. The monoisotopic (exact) mass is 773 g/mol. The second kappa shape index (κ2) is 38.4. The first-order chi connectivity index (χ1) is 25.8. The molecule has 0 aliphatic rings. The topological polar surface area (TPSA) is 154 Å². The summed E-state index contributed by atoms with van der Waals surface area (Å²) in [5.41, 5.74) is 6.01. The maximum Gasteiger partial charge on any atom is 0.330 e. The van der Waals surface area contributed by atoms with Gasteiger partial charge in [-0.3, -0.25) is 14.4 Å². The van der Waals surface area contributed by atoms with Crippen molar-refractivity contribution in [2.75, 3.05) is 31.8 Å². The van der Waals surface area contributed by atoms with Crippen molar-refractivity contribution in [3.05, 3.63) is 0 Å². The molecule has 0 radical (unpaired) electrons. The highest BCUT2D eigenvalue weighted by molar-refractivity contribution is 7.99. The van der Waals surface area contributed by atoms with E-state index >= 15 is 0 Å². The summed E-state index contributed by atoms with van der Waals surface area (Å²) in [5.74, 6) is -1.54. The number of hydrogen-bond donors (Lipinski definition) is 3. The Hall–Kier alpha value is -1.85. The first kappa shape index (κ1) is 51.1. The lowest BCUT2D eigenvalue weighted by Crippen LogP contribution is -2.51. The zero-order valence-electron chi connectivity index (χ0n) is 34.2. The molecule has 0 unspecified atom stereocenters. The second-order valence-corrected chi connectivity index (χ2v) is 15.8. The number of nitrogens with two attached hydrogens (primary N) is 1. The molecule has 0 aromatic carbocycles. The standard InChI is InChI=1S/C42H80N2O8S/c1-4-6-8-10-12-14-16-18-20-22-24-26-28-30-39(46)51-33-36(34-53-35-37(43)41(48)44-38(32-45)42(49)50-3)52-40(47)31-29-27-25-23-21-19-17-15-13-11-9-7-5-2/h36-38,45H,4-35,43H2,1-3H3,(H,44,48)/t36-,37-,38-/m0/s1. The molecule has 11 heteroatoms. The number of aliphatic hydroxyl groups excluding tert-OH is 1. The average Bonchev–Trinajstić information content (AvgIpc) is 3.15. The van der Waals surface area contributed by atoms with Crippen LogP contribution in [0.4, 0.5) is 0 Å². The van der Waals surface area contributed by atoms with E-state index in [0.717, 1.165) is 38.5 Å². The number of amides is 1. The molecule has 0 aliphatic heterocycles. The summed E-state index contributed by atoms with van der Waals surface area (Å²) in [6.45, 7) is 3.84. The van der Waals surface area contributed by atoms with Crippen LogP contribution in [0, 0.1) is 0 Å². The summed E-state index contributed by atoms with van der Waals surface area (Å²) in [7, 11) is 1.17. The number of aliphatic hydroxyl groups is 1. The first-order valence-electron chi connectivity index (χ1n) is 21.5. The van der Waals surface area contributed by atoms with Gasteiger partial charge in [0, 0.05) is 24.3 Å². The highest BCUT2D eigenvalue weighted by atomic mass is 32.2. The van der Waals surface area contributed by atoms with Crippen molar-refractivity contribution in [3.8, 4) is 0 Å². The lowest BCUT2D eigenvalue weighted by molar-refractivity contribution is -0.157. The van der Waals surface area contributed by atoms with Gasteiger partial charge in [0.25, 0.3) is 0 Å². The van der Waals surface area contributed by atoms with Gasteiger partial charge in [-0.15, -0.1) is 0 Å². The Kier molecular flexibility index (Phi) is 37.1. The summed E-state index contributed by atoms with van der Waals surface area (Å²) in [6, 6.07) is -2.17. The van der Waals surface area contributed by atoms with E-state index in [1.165, 1.54) is 147 Å². The van der Waals surface area contributed by atoms with Gasteiger partial charge in [-0.25, -0.2) is 4.79 Å². The molecule has 3 atom stereocenters. The van der Waals surface area contributed by atoms with Gasteiger partial charge in [0.15, 0.2) is 6.04 Å². The zero-order chi connectivity index (χ0) is 39.2. The van der Waals surface area contributed by atoms with Gasteiger partial charge in [0.2, 0.25) is 5.91 Å². The minimum absolute atomic E-state index is 0.0506. The predicted molar refractivity (Wildman–Crippen MR) is 218 cm³/mol. The zero-order valence-corrected chi connectivity index (χ0v) is 35.0. The molecule has 0 bridgehead atoms. The summed E-state index contributed by atoms with van der Waals surface area (Å²) in [4.78, 5) is 49.4. The van der Waals surface area contributed by atoms with Gasteiger partial charge in [0.1, 0.15) is 12.7 Å². The van der Waals surface area contributed by atoms with E-state index in [9.17, 15) is 24.3 Å². The third kappa shape index (κ3) is 33.2. The second-order valence-electron chi connectivity index (χ2n) is 14.7. The molecule has 4 N–H and O–H groups in total. The van der Waals surface area contributed by atoms with Crippen LogP contribution in [0.2, 0.25) is 0 Å². The van der Waals surface area contributed by atoms with Crippen molar-refractivity contribution in [2.45, 2.75) is 212 Å². The molecule has 0 aromatic rings. The van der Waals surface area contributed by atoms with E-state index in [1.807, 2.05) is 0 Å². The number of methoxy groups -OCH3 is 1. The molecule has 53 heavy (non-hydrogen) atoms. The SMILES string of the molecule is CCCCCCCCCCCCCCCC(=O)OC[C@@H](CSC[C@H](N)C(=O)N[C@@H](CO)C(=O)OC)OC(=O)CCCCCCCCCCCCCCC. The quantitative estimate of drug-likeness (QED) is 0.0313. The van der Waals surface area contributed by atoms with Crippen LogP contribution < -0.4 is 11.1 Å². The van der Waals surface area contributed by atoms with E-state index in [4.69, 9.17) is 15.2 Å². The van der Waals surface area contributed by atoms with E-state index in [0.29, 0.717) is 12.8 Å². The molecule has 1 amide bonds. The number of esters is 3. The number of ether oxygens (including phenoxy) is 3. The van der Waals surface area contributed by atoms with Gasteiger partial charge >= 0.3 is 17.9 Å². The Morgan fingerprint density at radius 1 is 0.604 bits per heavy atom. The van der Waals surface area contributed by atoms with Crippen molar-refractivity contribution in [1.82, 2.24) is 5.32 Å². The van der Waals surface area contributed by atoms with Crippen LogP contribution in [0.5, 0.6) is 0 Å². The summed E-state index contributed by atoms with van der Waals surface area (Å²) >= 11 is 1.29. The van der Waals surface area contributed by atoms with Crippen molar-refractivity contribution in [3.63, 3.8) is 0 Å². The Morgan fingerprint density at radius 3 is 1.40 bits per heavy atom. The molecule has 0 aliphatic carbocycles. The Morgan fingerprint density at radius 2 is 1.00 bits per heavy atom. The van der Waals surface area contributed by atoms with Gasteiger partial charge < -0.3 is 30.4 Å². The Balaban J connectivity index is 4.49. The number of carbonyl (C=O) groups is 4. The van der Waals surface area contributed by atoms with Crippen molar-refractivity contribution in [1.29, 1.82) is 0 Å². The third-order valence-electron chi connectivity index (χ3n) is 9.62. The molecule has 0 saturated heterocycles. The van der Waals surface area contributed by atoms with Gasteiger partial charge in [-0.05, 0) is 12.8 Å². The van der Waals surface area contributed by atoms with Crippen LogP contribution in [0.25, 0.3) is 0 Å². The largest absolute Gasteiger partial charge is 0.467 e.